The Morgan fingerprint density at radius 3 is 2.64 bits per heavy atom. The van der Waals surface area contributed by atoms with E-state index in [4.69, 9.17) is 15.0 Å². The summed E-state index contributed by atoms with van der Waals surface area (Å²) in [6.45, 7) is 2.31. The Morgan fingerprint density at radius 1 is 1.27 bits per heavy atom. The van der Waals surface area contributed by atoms with Crippen LogP contribution < -0.4 is 11.1 Å². The molecule has 0 radical (unpaired) electrons. The highest BCUT2D eigenvalue weighted by Gasteiger charge is 2.32. The Bertz CT molecular complexity index is 511. The van der Waals surface area contributed by atoms with E-state index >= 15 is 0 Å². The van der Waals surface area contributed by atoms with E-state index in [2.05, 4.69) is 15.5 Å². The number of aromatic nitrogens is 2. The third-order valence-electron chi connectivity index (χ3n) is 4.63. The summed E-state index contributed by atoms with van der Waals surface area (Å²) in [6.07, 6.45) is 5.14. The van der Waals surface area contributed by atoms with Crippen molar-refractivity contribution in [1.29, 1.82) is 0 Å². The number of carbonyl (C=O) groups is 1. The number of nitrogens with two attached hydrogens (primary N) is 1. The monoisotopic (exact) mass is 308 g/mol. The van der Waals surface area contributed by atoms with Gasteiger partial charge in [-0.25, -0.2) is 0 Å². The van der Waals surface area contributed by atoms with E-state index in [-0.39, 0.29) is 24.2 Å². The van der Waals surface area contributed by atoms with Crippen LogP contribution in [0.2, 0.25) is 0 Å². The number of rotatable bonds is 4. The molecule has 122 valence electrons. The molecule has 1 aromatic rings. The number of carbonyl (C=O) groups excluding carboxylic acids is 1. The predicted octanol–water partition coefficient (Wildman–Crippen LogP) is 1.03. The van der Waals surface area contributed by atoms with Gasteiger partial charge in [0, 0.05) is 18.5 Å². The van der Waals surface area contributed by atoms with Gasteiger partial charge < -0.3 is 20.3 Å². The average Bonchev–Trinajstić information content (AvgIpc) is 3.17. The maximum atomic E-state index is 12.2. The lowest BCUT2D eigenvalue weighted by atomic mass is 9.86. The third-order valence-corrected chi connectivity index (χ3v) is 4.63. The van der Waals surface area contributed by atoms with Gasteiger partial charge in [-0.05, 0) is 45.4 Å². The van der Waals surface area contributed by atoms with Crippen LogP contribution in [0.25, 0.3) is 0 Å². The fraction of sp³-hybridized carbons (Fsp3) is 0.800. The maximum Gasteiger partial charge on any atom is 0.249 e. The van der Waals surface area contributed by atoms with Gasteiger partial charge in [-0.1, -0.05) is 5.16 Å². The zero-order chi connectivity index (χ0) is 15.5. The predicted molar refractivity (Wildman–Crippen MR) is 79.1 cm³/mol. The molecule has 1 amide bonds. The van der Waals surface area contributed by atoms with Crippen LogP contribution in [0.15, 0.2) is 4.52 Å². The van der Waals surface area contributed by atoms with Gasteiger partial charge in [-0.3, -0.25) is 4.79 Å². The molecule has 2 fully saturated rings. The maximum absolute atomic E-state index is 12.2. The average molecular weight is 308 g/mol. The van der Waals surface area contributed by atoms with Crippen LogP contribution in [0.5, 0.6) is 0 Å². The molecule has 7 nitrogen and oxygen atoms in total. The molecule has 1 aromatic heterocycles. The molecule has 0 bridgehead atoms. The molecular weight excluding hydrogens is 284 g/mol. The van der Waals surface area contributed by atoms with E-state index in [0.29, 0.717) is 18.3 Å². The van der Waals surface area contributed by atoms with E-state index < -0.39 is 0 Å². The smallest absolute Gasteiger partial charge is 0.249 e. The number of ether oxygens (including phenoxy) is 1. The van der Waals surface area contributed by atoms with Crippen molar-refractivity contribution < 1.29 is 14.1 Å². The summed E-state index contributed by atoms with van der Waals surface area (Å²) in [5, 5.41) is 6.96. The molecule has 0 aromatic carbocycles. The van der Waals surface area contributed by atoms with Crippen LogP contribution in [-0.4, -0.2) is 40.8 Å². The van der Waals surface area contributed by atoms with Gasteiger partial charge in [0.15, 0.2) is 5.82 Å². The van der Waals surface area contributed by atoms with Crippen molar-refractivity contribution in [3.63, 3.8) is 0 Å². The number of nitrogens with zero attached hydrogens (tertiary/aromatic N) is 2. The van der Waals surface area contributed by atoms with Crippen molar-refractivity contribution >= 4 is 5.91 Å². The number of hydrogen-bond acceptors (Lipinski definition) is 6. The summed E-state index contributed by atoms with van der Waals surface area (Å²) in [5.74, 6) is 1.73. The molecular formula is C15H24N4O3. The lowest BCUT2D eigenvalue weighted by molar-refractivity contribution is -0.132. The number of aryl methyl sites for hydroxylation is 1. The summed E-state index contributed by atoms with van der Waals surface area (Å²) in [4.78, 5) is 16.5. The van der Waals surface area contributed by atoms with Crippen LogP contribution in [0, 0.1) is 6.92 Å². The Kier molecular flexibility index (Phi) is 4.73. The molecule has 0 spiro atoms. The van der Waals surface area contributed by atoms with Crippen molar-refractivity contribution in [1.82, 2.24) is 15.5 Å². The Morgan fingerprint density at radius 2 is 2.05 bits per heavy atom. The second-order valence-electron chi connectivity index (χ2n) is 6.30. The summed E-state index contributed by atoms with van der Waals surface area (Å²) in [6, 6.07) is 0.216. The first-order valence-corrected chi connectivity index (χ1v) is 8.12. The molecule has 3 rings (SSSR count). The van der Waals surface area contributed by atoms with Gasteiger partial charge in [0.25, 0.3) is 0 Å². The Hall–Kier alpha value is -1.47. The molecule has 2 aliphatic rings. The van der Waals surface area contributed by atoms with Crippen molar-refractivity contribution in [2.24, 2.45) is 5.73 Å². The SMILES string of the molecule is Cc1noc(C2CCC(NC(=O)[C@@H]3CC[C@H](CN)O3)CC2)n1. The lowest BCUT2D eigenvalue weighted by Crippen LogP contribution is -2.43. The van der Waals surface area contributed by atoms with Gasteiger partial charge in [-0.2, -0.15) is 4.98 Å². The van der Waals surface area contributed by atoms with E-state index in [1.54, 1.807) is 0 Å². The largest absolute Gasteiger partial charge is 0.364 e. The third kappa shape index (κ3) is 3.47. The molecule has 2 heterocycles. The van der Waals surface area contributed by atoms with Crippen LogP contribution in [-0.2, 0) is 9.53 Å². The first kappa shape index (κ1) is 15.4. The van der Waals surface area contributed by atoms with Gasteiger partial charge in [0.2, 0.25) is 11.8 Å². The van der Waals surface area contributed by atoms with E-state index in [1.165, 1.54) is 0 Å². The molecule has 0 unspecified atom stereocenters. The summed E-state index contributed by atoms with van der Waals surface area (Å²) >= 11 is 0. The number of amides is 1. The van der Waals surface area contributed by atoms with Crippen LogP contribution in [0.3, 0.4) is 0 Å². The van der Waals surface area contributed by atoms with Crippen LogP contribution in [0.1, 0.15) is 56.2 Å². The minimum absolute atomic E-state index is 0.00744. The molecule has 3 N–H and O–H groups in total. The standard InChI is InChI=1S/C15H24N4O3/c1-9-17-15(22-19-9)10-2-4-11(5-3-10)18-14(20)13-7-6-12(8-16)21-13/h10-13H,2-8,16H2,1H3,(H,18,20)/t10?,11?,12-,13+/m1/s1. The second-order valence-corrected chi connectivity index (χ2v) is 6.30. The summed E-state index contributed by atoms with van der Waals surface area (Å²) in [7, 11) is 0. The molecule has 7 heteroatoms. The molecule has 22 heavy (non-hydrogen) atoms. The molecule has 1 aliphatic heterocycles. The summed E-state index contributed by atoms with van der Waals surface area (Å²) < 4.78 is 10.9. The normalized spacial score (nSPS) is 32.1. The fourth-order valence-electron chi connectivity index (χ4n) is 3.33. The van der Waals surface area contributed by atoms with E-state index in [9.17, 15) is 4.79 Å². The van der Waals surface area contributed by atoms with Crippen LogP contribution in [0.4, 0.5) is 0 Å². The van der Waals surface area contributed by atoms with Crippen molar-refractivity contribution in [3.05, 3.63) is 11.7 Å². The molecule has 1 saturated heterocycles. The molecule has 1 aliphatic carbocycles. The van der Waals surface area contributed by atoms with Gasteiger partial charge in [0.05, 0.1) is 6.10 Å². The quantitative estimate of drug-likeness (QED) is 0.861. The van der Waals surface area contributed by atoms with Crippen molar-refractivity contribution in [3.8, 4) is 0 Å². The van der Waals surface area contributed by atoms with Crippen molar-refractivity contribution in [2.45, 2.75) is 69.6 Å². The highest BCUT2D eigenvalue weighted by atomic mass is 16.5. The first-order chi connectivity index (χ1) is 10.7. The first-order valence-electron chi connectivity index (χ1n) is 8.12. The Labute approximate surface area is 130 Å². The zero-order valence-corrected chi connectivity index (χ0v) is 13.0. The van der Waals surface area contributed by atoms with E-state index in [1.807, 2.05) is 6.92 Å². The van der Waals surface area contributed by atoms with Gasteiger partial charge in [-0.15, -0.1) is 0 Å². The van der Waals surface area contributed by atoms with Gasteiger partial charge in [0.1, 0.15) is 6.10 Å². The minimum atomic E-state index is -0.329. The van der Waals surface area contributed by atoms with Crippen LogP contribution >= 0.6 is 0 Å². The highest BCUT2D eigenvalue weighted by Crippen LogP contribution is 2.32. The number of hydrogen-bond donors (Lipinski definition) is 2. The van der Waals surface area contributed by atoms with Crippen molar-refractivity contribution in [2.75, 3.05) is 6.54 Å². The molecule has 1 saturated carbocycles. The zero-order valence-electron chi connectivity index (χ0n) is 13.0. The summed E-state index contributed by atoms with van der Waals surface area (Å²) in [5.41, 5.74) is 5.58. The van der Waals surface area contributed by atoms with Gasteiger partial charge >= 0.3 is 0 Å². The molecule has 2 atom stereocenters. The number of nitrogens with one attached hydrogen (secondary N) is 1. The fourth-order valence-corrected chi connectivity index (χ4v) is 3.33. The topological polar surface area (TPSA) is 103 Å². The highest BCUT2D eigenvalue weighted by molar-refractivity contribution is 5.81. The Balaban J connectivity index is 1.45. The minimum Gasteiger partial charge on any atom is -0.364 e. The van der Waals surface area contributed by atoms with E-state index in [0.717, 1.165) is 44.4 Å². The lowest BCUT2D eigenvalue weighted by Gasteiger charge is -2.28. The second kappa shape index (κ2) is 6.75.